The number of furan rings is 1. The molecule has 1 unspecified atom stereocenters. The molecule has 5 aromatic carbocycles. The van der Waals surface area contributed by atoms with Crippen molar-refractivity contribution in [3.8, 4) is 17.1 Å². The molecule has 3 N–H and O–H groups in total. The van der Waals surface area contributed by atoms with Crippen LogP contribution < -0.4 is 20.7 Å². The van der Waals surface area contributed by atoms with Crippen molar-refractivity contribution in [1.82, 2.24) is 5.32 Å². The quantitative estimate of drug-likeness (QED) is 0.0848. The molecule has 51 heavy (non-hydrogen) atoms. The standard InChI is InChI=1S/C41H32BrN3O5S/c1-49-33-14-8-13-32(25-33)44-41(48)38(28-9-4-2-5-10-28)51-35-22-19-31(20-23-35)43-40(47)36(45-39(46)29-11-6-3-7-12-29)26-34-21-24-37(50-34)27-15-17-30(42)18-16-27/h2-26,38H,1H3,(H,43,47)(H,44,48)(H,45,46)/b36-26-. The lowest BCUT2D eigenvalue weighted by Crippen LogP contribution is -2.30. The maximum atomic E-state index is 13.6. The average molecular weight is 759 g/mol. The van der Waals surface area contributed by atoms with E-state index in [1.807, 2.05) is 91.0 Å². The molecule has 0 bridgehead atoms. The van der Waals surface area contributed by atoms with E-state index in [4.69, 9.17) is 9.15 Å². The number of hydrogen-bond donors (Lipinski definition) is 3. The fourth-order valence-electron chi connectivity index (χ4n) is 5.05. The Bertz CT molecular complexity index is 2150. The van der Waals surface area contributed by atoms with Gasteiger partial charge in [0.2, 0.25) is 5.91 Å². The number of thioether (sulfide) groups is 1. The van der Waals surface area contributed by atoms with Gasteiger partial charge in [0.25, 0.3) is 11.8 Å². The van der Waals surface area contributed by atoms with Crippen LogP contribution in [0, 0.1) is 0 Å². The zero-order chi connectivity index (χ0) is 35.6. The number of benzene rings is 5. The van der Waals surface area contributed by atoms with E-state index >= 15 is 0 Å². The summed E-state index contributed by atoms with van der Waals surface area (Å²) in [7, 11) is 1.58. The van der Waals surface area contributed by atoms with E-state index in [0.29, 0.717) is 34.2 Å². The first kappa shape index (κ1) is 35.0. The Kier molecular flexibility index (Phi) is 11.5. The highest BCUT2D eigenvalue weighted by Gasteiger charge is 2.23. The van der Waals surface area contributed by atoms with Gasteiger partial charge in [-0.15, -0.1) is 11.8 Å². The molecule has 0 fully saturated rings. The molecule has 0 aliphatic carbocycles. The third-order valence-corrected chi connectivity index (χ3v) is 9.41. The van der Waals surface area contributed by atoms with Crippen LogP contribution in [0.1, 0.15) is 26.9 Å². The molecule has 0 saturated carbocycles. The predicted octanol–water partition coefficient (Wildman–Crippen LogP) is 9.60. The number of halogens is 1. The van der Waals surface area contributed by atoms with Gasteiger partial charge in [-0.25, -0.2) is 0 Å². The van der Waals surface area contributed by atoms with Crippen molar-refractivity contribution in [2.24, 2.45) is 0 Å². The molecule has 0 aliphatic rings. The first-order valence-corrected chi connectivity index (χ1v) is 17.5. The van der Waals surface area contributed by atoms with Gasteiger partial charge in [0.15, 0.2) is 0 Å². The molecule has 254 valence electrons. The molecular formula is C41H32BrN3O5S. The van der Waals surface area contributed by atoms with Crippen molar-refractivity contribution >= 4 is 62.9 Å². The SMILES string of the molecule is COc1cccc(NC(=O)C(Sc2ccc(NC(=O)/C(=C/c3ccc(-c4ccc(Br)cc4)o3)NC(=O)c3ccccc3)cc2)c2ccccc2)c1. The van der Waals surface area contributed by atoms with Crippen LogP contribution in [0.2, 0.25) is 0 Å². The Morgan fingerprint density at radius 1 is 0.745 bits per heavy atom. The monoisotopic (exact) mass is 757 g/mol. The van der Waals surface area contributed by atoms with Gasteiger partial charge < -0.3 is 25.1 Å². The van der Waals surface area contributed by atoms with E-state index in [1.54, 1.807) is 61.7 Å². The minimum absolute atomic E-state index is 0.00244. The zero-order valence-corrected chi connectivity index (χ0v) is 29.7. The van der Waals surface area contributed by atoms with E-state index in [2.05, 4.69) is 31.9 Å². The number of hydrogen-bond acceptors (Lipinski definition) is 6. The van der Waals surface area contributed by atoms with Gasteiger partial charge >= 0.3 is 0 Å². The number of carbonyl (C=O) groups is 3. The van der Waals surface area contributed by atoms with E-state index in [9.17, 15) is 14.4 Å². The van der Waals surface area contributed by atoms with Gasteiger partial charge in [-0.1, -0.05) is 82.7 Å². The van der Waals surface area contributed by atoms with Crippen LogP contribution in [0.4, 0.5) is 11.4 Å². The Balaban J connectivity index is 1.20. The Labute approximate surface area is 308 Å². The van der Waals surface area contributed by atoms with Gasteiger partial charge in [0.05, 0.1) is 7.11 Å². The summed E-state index contributed by atoms with van der Waals surface area (Å²) >= 11 is 4.82. The summed E-state index contributed by atoms with van der Waals surface area (Å²) in [6.07, 6.45) is 1.49. The number of amides is 3. The normalized spacial score (nSPS) is 11.7. The van der Waals surface area contributed by atoms with Gasteiger partial charge in [0.1, 0.15) is 28.2 Å². The summed E-state index contributed by atoms with van der Waals surface area (Å²) in [5.41, 5.74) is 3.22. The molecular weight excluding hydrogens is 726 g/mol. The second-order valence-corrected chi connectivity index (χ2v) is 13.3. The molecule has 0 saturated heterocycles. The second kappa shape index (κ2) is 16.7. The summed E-state index contributed by atoms with van der Waals surface area (Å²) in [5.74, 6) is 0.464. The minimum atomic E-state index is -0.559. The van der Waals surface area contributed by atoms with Crippen LogP contribution >= 0.6 is 27.7 Å². The Morgan fingerprint density at radius 3 is 2.16 bits per heavy atom. The number of ether oxygens (including phenoxy) is 1. The minimum Gasteiger partial charge on any atom is -0.497 e. The van der Waals surface area contributed by atoms with Crippen molar-refractivity contribution in [3.63, 3.8) is 0 Å². The van der Waals surface area contributed by atoms with Gasteiger partial charge in [-0.3, -0.25) is 14.4 Å². The lowest BCUT2D eigenvalue weighted by Gasteiger charge is -2.18. The average Bonchev–Trinajstić information content (AvgIpc) is 3.63. The summed E-state index contributed by atoms with van der Waals surface area (Å²) in [6.45, 7) is 0. The van der Waals surface area contributed by atoms with Crippen LogP contribution in [0.3, 0.4) is 0 Å². The Hall–Kier alpha value is -5.84. The Morgan fingerprint density at radius 2 is 1.45 bits per heavy atom. The van der Waals surface area contributed by atoms with Gasteiger partial charge in [-0.05, 0) is 78.4 Å². The molecule has 0 aliphatic heterocycles. The molecule has 0 radical (unpaired) electrons. The lowest BCUT2D eigenvalue weighted by molar-refractivity contribution is -0.116. The topological polar surface area (TPSA) is 110 Å². The molecule has 6 aromatic rings. The van der Waals surface area contributed by atoms with Crippen molar-refractivity contribution in [2.75, 3.05) is 17.7 Å². The third kappa shape index (κ3) is 9.45. The maximum Gasteiger partial charge on any atom is 0.272 e. The zero-order valence-electron chi connectivity index (χ0n) is 27.3. The molecule has 1 heterocycles. The summed E-state index contributed by atoms with van der Waals surface area (Å²) in [4.78, 5) is 41.1. The number of methoxy groups -OCH3 is 1. The van der Waals surface area contributed by atoms with Crippen molar-refractivity contribution < 1.29 is 23.5 Å². The summed E-state index contributed by atoms with van der Waals surface area (Å²) in [5, 5.41) is 8.05. The highest BCUT2D eigenvalue weighted by Crippen LogP contribution is 2.37. The fourth-order valence-corrected chi connectivity index (χ4v) is 6.33. The third-order valence-electron chi connectivity index (χ3n) is 7.61. The fraction of sp³-hybridized carbons (Fsp3) is 0.0488. The first-order chi connectivity index (χ1) is 24.8. The second-order valence-electron chi connectivity index (χ2n) is 11.2. The summed E-state index contributed by atoms with van der Waals surface area (Å²) < 4.78 is 12.3. The van der Waals surface area contributed by atoms with Crippen molar-refractivity contribution in [3.05, 3.63) is 173 Å². The van der Waals surface area contributed by atoms with Crippen LogP contribution in [-0.2, 0) is 9.59 Å². The van der Waals surface area contributed by atoms with Gasteiger partial charge in [-0.2, -0.15) is 0 Å². The van der Waals surface area contributed by atoms with Crippen LogP contribution in [-0.4, -0.2) is 24.8 Å². The highest BCUT2D eigenvalue weighted by molar-refractivity contribution is 9.10. The number of nitrogens with one attached hydrogen (secondary N) is 3. The molecule has 3 amide bonds. The highest BCUT2D eigenvalue weighted by atomic mass is 79.9. The van der Waals surface area contributed by atoms with E-state index < -0.39 is 17.1 Å². The maximum absolute atomic E-state index is 13.6. The molecule has 1 atom stereocenters. The lowest BCUT2D eigenvalue weighted by atomic mass is 10.1. The van der Waals surface area contributed by atoms with E-state index in [1.165, 1.54) is 17.8 Å². The molecule has 6 rings (SSSR count). The molecule has 8 nitrogen and oxygen atoms in total. The van der Waals surface area contributed by atoms with Crippen LogP contribution in [0.15, 0.2) is 165 Å². The van der Waals surface area contributed by atoms with Crippen LogP contribution in [0.25, 0.3) is 17.4 Å². The van der Waals surface area contributed by atoms with Crippen molar-refractivity contribution in [1.29, 1.82) is 0 Å². The van der Waals surface area contributed by atoms with Crippen molar-refractivity contribution in [2.45, 2.75) is 10.1 Å². The number of rotatable bonds is 12. The predicted molar refractivity (Wildman–Crippen MR) is 205 cm³/mol. The largest absolute Gasteiger partial charge is 0.497 e. The van der Waals surface area contributed by atoms with Crippen LogP contribution in [0.5, 0.6) is 5.75 Å². The van der Waals surface area contributed by atoms with Gasteiger partial charge in [0, 0.05) is 44.0 Å². The van der Waals surface area contributed by atoms with E-state index in [-0.39, 0.29) is 11.6 Å². The van der Waals surface area contributed by atoms with E-state index in [0.717, 1.165) is 20.5 Å². The molecule has 10 heteroatoms. The first-order valence-electron chi connectivity index (χ1n) is 15.9. The molecule has 1 aromatic heterocycles. The smallest absolute Gasteiger partial charge is 0.272 e. The summed E-state index contributed by atoms with van der Waals surface area (Å²) in [6, 6.07) is 43.7. The number of anilines is 2. The number of carbonyl (C=O) groups excluding carboxylic acids is 3. The molecule has 0 spiro atoms.